The average molecular weight is 1900 g/mol. The number of carboxylic acids is 2. The molecular formula is C73H150Fe6N14O17S2+6. The Labute approximate surface area is 751 Å². The molecule has 39 heteroatoms. The quantitative estimate of drug-likeness (QED) is 0.0188. The standard InChI is InChI=1S/C21H45N4O4.C20H43N4O4.C14H30N4O2.C12H22N2O6.C5H10OS.CH3S.6Fe/c1-18(26)14-22-6-5-7-23(15-19(2)27)9-11-25(17-21(4)29)13-12-24(10-8-22)16-20(3)28;1-17(25)13-21-5-7-22(14-18(2)26)9-11-24(16-20(4)28)12-10-23(8-6-21)15-19(3)27;1-13(19)11-17-7-3-15-5-9-18(12-14(2)20)10-6-16-4-8-17;15-11(16)9-13-1-5-19-7-3-14(10-12(17)18)4-8-20-6-2-13;7-5-3-1-2-4-6-5;1-2;;;;;;/h18-21,26-28H,5-17H2,1-4H3;17-20,25-27H,5-16H2,1-4H3;13-14,19-20H,3-12H2,1-2H3;1-10H2,(H,15,16)(H,17,18);5,7H,1-4H2;2H,1H2;;;;;;/q2*-1;-2;;;-1;;;3*+3;+5/p-3/t18-,19-,20-,21-;17-,18-,19-,20-;13-,14-;;;;;;;;;/m000........./s1/i;;;;;2T;;;;;;. The van der Waals surface area contributed by atoms with Crippen LogP contribution >= 0.6 is 12.5 Å². The van der Waals surface area contributed by atoms with E-state index in [-0.39, 0.29) is 145 Å². The van der Waals surface area contributed by atoms with E-state index in [2.05, 4.69) is 65.9 Å². The number of aliphatic hydroxyl groups is 8. The number of rotatable bonds is 24. The Hall–Kier alpha value is 1.68. The summed E-state index contributed by atoms with van der Waals surface area (Å²) < 4.78 is 21.9. The Kier molecular flexibility index (Phi) is 91.5. The van der Waals surface area contributed by atoms with Crippen molar-refractivity contribution >= 4 is 37.1 Å². The molecule has 0 aromatic rings. The van der Waals surface area contributed by atoms with Crippen LogP contribution in [0.4, 0.5) is 0 Å². The van der Waals surface area contributed by atoms with E-state index in [4.69, 9.17) is 28.0 Å². The second-order valence-electron chi connectivity index (χ2n) is 29.4. The Balaban J connectivity index is -0.000000252. The minimum absolute atomic E-state index is 0. The van der Waals surface area contributed by atoms with Crippen LogP contribution in [0.3, 0.4) is 0 Å². The number of nitrogens with zero attached hydrogens (tertiary/aromatic N) is 14. The van der Waals surface area contributed by atoms with Crippen molar-refractivity contribution in [2.24, 2.45) is 0 Å². The summed E-state index contributed by atoms with van der Waals surface area (Å²) in [5, 5.41) is 132. The molecule has 0 aromatic heterocycles. The predicted octanol–water partition coefficient (Wildman–Crippen LogP) is -5.41. The monoisotopic (exact) mass is 1900 g/mol. The zero-order valence-corrected chi connectivity index (χ0v) is 77.4. The summed E-state index contributed by atoms with van der Waals surface area (Å²) >= 11 is 5.62. The van der Waals surface area contributed by atoms with Crippen molar-refractivity contribution in [3.05, 3.63) is 16.9 Å². The number of thiol groups is 1. The summed E-state index contributed by atoms with van der Waals surface area (Å²) in [4.78, 5) is 47.0. The molecule has 31 nitrogen and oxygen atoms in total. The van der Waals surface area contributed by atoms with E-state index in [0.29, 0.717) is 118 Å². The first-order valence-corrected chi connectivity index (χ1v) is 40.2. The molecular weight excluding hydrogens is 1740 g/mol. The van der Waals surface area contributed by atoms with Crippen LogP contribution in [0.5, 0.6) is 0 Å². The average Bonchev–Trinajstić information content (AvgIpc) is 1.65. The smallest absolute Gasteiger partial charge is 0.851 e. The van der Waals surface area contributed by atoms with Gasteiger partial charge in [-0.05, 0) is 127 Å². The number of β-amino-alcohol motifs (C(OH)–C–C–N with tert-alkyl or cyclic N) is 8. The summed E-state index contributed by atoms with van der Waals surface area (Å²) in [6.45, 7) is 47.9. The zero-order chi connectivity index (χ0) is 80.3. The van der Waals surface area contributed by atoms with Crippen LogP contribution in [0.1, 0.15) is 94.9 Å². The van der Waals surface area contributed by atoms with Gasteiger partial charge >= 0.3 is 68.3 Å². The third-order valence-corrected chi connectivity index (χ3v) is 18.0. The molecule has 112 heavy (non-hydrogen) atoms. The van der Waals surface area contributed by atoms with Crippen LogP contribution in [0.25, 0.3) is 10.6 Å². The number of hydrogen-bond donors (Lipinski definition) is 9. The molecule has 1 unspecified atom stereocenters. The van der Waals surface area contributed by atoms with Crippen LogP contribution in [-0.2, 0) is 139 Å². The summed E-state index contributed by atoms with van der Waals surface area (Å²) in [7, 11) is 0. The molecule has 0 bridgehead atoms. The van der Waals surface area contributed by atoms with Crippen molar-refractivity contribution in [1.82, 2.24) is 58.8 Å². The number of hydrogen-bond acceptors (Lipinski definition) is 31. The molecule has 5 aliphatic heterocycles. The molecule has 0 spiro atoms. The molecule has 4 radical (unpaired) electrons. The Morgan fingerprint density at radius 1 is 0.384 bits per heavy atom. The van der Waals surface area contributed by atoms with Crippen molar-refractivity contribution < 1.29 is 187 Å². The van der Waals surface area contributed by atoms with Crippen LogP contribution < -0.4 is 20.4 Å². The molecule has 8 N–H and O–H groups in total. The summed E-state index contributed by atoms with van der Waals surface area (Å²) in [5.41, 5.74) is 0.119. The number of aliphatic carboxylic acids is 2. The summed E-state index contributed by atoms with van der Waals surface area (Å²) in [6.07, 6.45) is 3.36. The molecule has 0 aliphatic carbocycles. The van der Waals surface area contributed by atoms with Gasteiger partial charge in [-0.1, -0.05) is 25.7 Å². The largest absolute Gasteiger partial charge is 5.00 e. The molecule has 5 heterocycles. The summed E-state index contributed by atoms with van der Waals surface area (Å²) in [5.74, 6) is -2.26. The fourth-order valence-electron chi connectivity index (χ4n) is 12.8. The van der Waals surface area contributed by atoms with E-state index >= 15 is 0 Å². The number of carboxylic acid groups (broad SMARTS) is 2. The van der Waals surface area contributed by atoms with E-state index in [1.165, 1.54) is 12.8 Å². The van der Waals surface area contributed by atoms with E-state index in [9.17, 15) is 70.9 Å². The Morgan fingerprint density at radius 2 is 0.589 bits per heavy atom. The van der Waals surface area contributed by atoms with Crippen molar-refractivity contribution in [3.63, 3.8) is 0 Å². The van der Waals surface area contributed by atoms with Crippen LogP contribution in [0.15, 0.2) is 0 Å². The molecule has 5 fully saturated rings. The van der Waals surface area contributed by atoms with Gasteiger partial charge in [0.05, 0.1) is 88.3 Å². The summed E-state index contributed by atoms with van der Waals surface area (Å²) in [6, 6.07) is 0. The normalized spacial score (nSPS) is 23.0. The number of carbonyl (C=O) groups excluding carboxylic acids is 2. The van der Waals surface area contributed by atoms with Crippen molar-refractivity contribution in [1.29, 1.82) is 1.12 Å². The molecule has 0 aromatic carbocycles. The fraction of sp³-hybridized carbons (Fsp3) is 0.959. The molecule has 5 rings (SSSR count). The van der Waals surface area contributed by atoms with E-state index < -0.39 is 48.6 Å². The van der Waals surface area contributed by atoms with E-state index in [0.717, 1.165) is 189 Å². The van der Waals surface area contributed by atoms with Gasteiger partial charge in [-0.2, -0.15) is 0 Å². The third-order valence-electron chi connectivity index (χ3n) is 17.6. The van der Waals surface area contributed by atoms with Gasteiger partial charge in [-0.15, -0.1) is 38.4 Å². The maximum absolute atomic E-state index is 11.8. The molecule has 11 atom stereocenters. The van der Waals surface area contributed by atoms with Gasteiger partial charge in [0, 0.05) is 224 Å². The van der Waals surface area contributed by atoms with Crippen molar-refractivity contribution in [3.8, 4) is 0 Å². The number of carbonyl (C=O) groups is 2. The fourth-order valence-corrected chi connectivity index (χ4v) is 13.1. The molecule has 5 saturated heterocycles. The van der Waals surface area contributed by atoms with E-state index in [1.54, 1.807) is 51.3 Å². The van der Waals surface area contributed by atoms with Crippen LogP contribution in [-0.4, -0.2) is 474 Å². The maximum atomic E-state index is 11.8. The van der Waals surface area contributed by atoms with Gasteiger partial charge in [-0.3, -0.25) is 45.5 Å². The minimum Gasteiger partial charge on any atom is -0.851 e. The van der Waals surface area contributed by atoms with Gasteiger partial charge < -0.3 is 140 Å². The second-order valence-corrected chi connectivity index (χ2v) is 30.0. The number of ether oxygens (including phenoxy) is 3. The topological polar surface area (TPSA) is 383 Å². The Morgan fingerprint density at radius 3 is 0.759 bits per heavy atom. The van der Waals surface area contributed by atoms with E-state index in [1.807, 2.05) is 27.7 Å². The first-order chi connectivity index (χ1) is 50.8. The van der Waals surface area contributed by atoms with Gasteiger partial charge in [0.1, 0.15) is 0 Å². The minimum atomic E-state index is -1.13. The van der Waals surface area contributed by atoms with Crippen molar-refractivity contribution in [2.75, 3.05) is 295 Å². The van der Waals surface area contributed by atoms with Crippen LogP contribution in [0.2, 0.25) is 0 Å². The zero-order valence-electron chi connectivity index (χ0n) is 70.2. The molecule has 0 saturated carbocycles. The maximum Gasteiger partial charge on any atom is 5.00 e. The molecule has 0 amide bonds. The van der Waals surface area contributed by atoms with Gasteiger partial charge in [0.15, 0.2) is 0 Å². The predicted molar refractivity (Wildman–Crippen MR) is 417 cm³/mol. The first-order valence-electron chi connectivity index (χ1n) is 39.6. The Bertz CT molecular complexity index is 1870. The second kappa shape index (κ2) is 82.3. The molecule has 668 valence electrons. The number of aliphatic hydroxyl groups excluding tert-OH is 8. The van der Waals surface area contributed by atoms with Gasteiger partial charge in [-0.25, -0.2) is 0 Å². The van der Waals surface area contributed by atoms with Gasteiger partial charge in [0.25, 0.3) is 0 Å². The molecule has 5 aliphatic rings. The first kappa shape index (κ1) is 124. The van der Waals surface area contributed by atoms with Crippen molar-refractivity contribution in [2.45, 2.75) is 161 Å². The third kappa shape index (κ3) is 80.1. The van der Waals surface area contributed by atoms with Gasteiger partial charge in [0.2, 0.25) is 0 Å². The van der Waals surface area contributed by atoms with Crippen LogP contribution in [0, 0.1) is 6.26 Å². The SMILES string of the molecule is C[C@H](O)CN1CC[N-]CCN(C[C@H](C)O)CC[N-]CC1.C[C@H]([O-])CN1CCN(C[C@H](C)O)CCCN(C[C@H](C)O)CCN(C[C@H](C)O)CC1.C[C@H]([O-])CN1CCN(C[C@H](C)O)CCN(C[C@H](C)O)CCN(C[C@H](C)O)CC1.O=C([O-])CN1CCOCCN(CC(=O)[O-])CCOCC1.[3H]S[CH2-].[Fe+3].[Fe+3].[Fe+3].[Fe+5].[Fe].[Fe].[S-]C1CCCCO1.